The van der Waals surface area contributed by atoms with Crippen molar-refractivity contribution in [1.82, 2.24) is 9.88 Å². The fourth-order valence-corrected chi connectivity index (χ4v) is 4.22. The molecule has 0 fully saturated rings. The number of aryl methyl sites for hydroxylation is 1. The lowest BCUT2D eigenvalue weighted by atomic mass is 10.1. The number of fused-ring (bicyclic) bond motifs is 1. The number of benzene rings is 2. The van der Waals surface area contributed by atoms with Crippen LogP contribution in [0.4, 0.5) is 5.69 Å². The van der Waals surface area contributed by atoms with Crippen LogP contribution in [0.25, 0.3) is 21.5 Å². The summed E-state index contributed by atoms with van der Waals surface area (Å²) >= 11 is 1.58. The number of nitrogens with one attached hydrogen (secondary N) is 1. The van der Waals surface area contributed by atoms with Gasteiger partial charge in [0.2, 0.25) is 5.91 Å². The van der Waals surface area contributed by atoms with Gasteiger partial charge in [0, 0.05) is 18.1 Å². The Kier molecular flexibility index (Phi) is 6.09. The molecule has 0 spiro atoms. The number of amides is 2. The number of aromatic nitrogens is 1. The van der Waals surface area contributed by atoms with Crippen LogP contribution in [0.1, 0.15) is 22.8 Å². The van der Waals surface area contributed by atoms with Gasteiger partial charge in [-0.2, -0.15) is 0 Å². The second-order valence-corrected chi connectivity index (χ2v) is 8.22. The first-order valence-electron chi connectivity index (χ1n) is 10.1. The van der Waals surface area contributed by atoms with Crippen molar-refractivity contribution in [2.45, 2.75) is 13.3 Å². The van der Waals surface area contributed by atoms with Crippen LogP contribution in [0.15, 0.2) is 72.1 Å². The van der Waals surface area contributed by atoms with Crippen molar-refractivity contribution in [2.75, 3.05) is 18.9 Å². The van der Waals surface area contributed by atoms with Crippen molar-refractivity contribution < 1.29 is 9.59 Å². The van der Waals surface area contributed by atoms with Crippen LogP contribution < -0.4 is 5.32 Å². The minimum absolute atomic E-state index is 0.0398. The molecule has 2 aromatic heterocycles. The van der Waals surface area contributed by atoms with Gasteiger partial charge in [-0.15, -0.1) is 11.3 Å². The zero-order chi connectivity index (χ0) is 21.8. The monoisotopic (exact) mass is 429 g/mol. The van der Waals surface area contributed by atoms with Gasteiger partial charge in [-0.3, -0.25) is 9.59 Å². The maximum Gasteiger partial charge on any atom is 0.254 e. The highest BCUT2D eigenvalue weighted by molar-refractivity contribution is 7.13. The van der Waals surface area contributed by atoms with E-state index in [1.165, 1.54) is 4.90 Å². The van der Waals surface area contributed by atoms with Crippen LogP contribution in [0.2, 0.25) is 0 Å². The molecule has 2 amide bonds. The van der Waals surface area contributed by atoms with Gasteiger partial charge in [0.15, 0.2) is 0 Å². The standard InChI is InChI=1S/C25H23N3O2S/c1-3-17-9-4-6-11-20(17)27-24(29)16-28(2)25(30)19-15-22(23-13-8-14-31-23)26-21-12-7-5-10-18(19)21/h4-15H,3,16H2,1-2H3,(H,27,29). The number of carbonyl (C=O) groups excluding carboxylic acids is 2. The Morgan fingerprint density at radius 2 is 1.81 bits per heavy atom. The number of pyridine rings is 1. The molecule has 1 N–H and O–H groups in total. The van der Waals surface area contributed by atoms with E-state index in [-0.39, 0.29) is 18.4 Å². The summed E-state index contributed by atoms with van der Waals surface area (Å²) in [6.07, 6.45) is 0.819. The first-order chi connectivity index (χ1) is 15.1. The van der Waals surface area contributed by atoms with Crippen LogP contribution >= 0.6 is 11.3 Å². The molecule has 6 heteroatoms. The molecule has 156 valence electrons. The Hall–Kier alpha value is -3.51. The maximum atomic E-state index is 13.3. The largest absolute Gasteiger partial charge is 0.332 e. The Balaban J connectivity index is 1.59. The van der Waals surface area contributed by atoms with Gasteiger partial charge in [-0.25, -0.2) is 4.98 Å². The molecular weight excluding hydrogens is 406 g/mol. The lowest BCUT2D eigenvalue weighted by molar-refractivity contribution is -0.116. The van der Waals surface area contributed by atoms with Crippen LogP contribution in [-0.2, 0) is 11.2 Å². The summed E-state index contributed by atoms with van der Waals surface area (Å²) in [4.78, 5) is 33.1. The van der Waals surface area contributed by atoms with Gasteiger partial charge >= 0.3 is 0 Å². The third-order valence-electron chi connectivity index (χ3n) is 5.12. The van der Waals surface area contributed by atoms with Gasteiger partial charge < -0.3 is 10.2 Å². The number of carbonyl (C=O) groups is 2. The zero-order valence-corrected chi connectivity index (χ0v) is 18.3. The van der Waals surface area contributed by atoms with Gasteiger partial charge in [0.1, 0.15) is 0 Å². The molecule has 0 aliphatic heterocycles. The molecule has 0 radical (unpaired) electrons. The average Bonchev–Trinajstić information content (AvgIpc) is 3.33. The summed E-state index contributed by atoms with van der Waals surface area (Å²) in [5, 5.41) is 5.68. The van der Waals surface area contributed by atoms with E-state index in [0.29, 0.717) is 5.56 Å². The molecule has 0 bridgehead atoms. The average molecular weight is 430 g/mol. The molecule has 0 aliphatic rings. The molecule has 5 nitrogen and oxygen atoms in total. The first-order valence-corrected chi connectivity index (χ1v) is 11.0. The van der Waals surface area contributed by atoms with Crippen molar-refractivity contribution in [3.05, 3.63) is 83.2 Å². The summed E-state index contributed by atoms with van der Waals surface area (Å²) in [6, 6.07) is 21.0. The van der Waals surface area contributed by atoms with Crippen molar-refractivity contribution in [3.63, 3.8) is 0 Å². The highest BCUT2D eigenvalue weighted by Gasteiger charge is 2.20. The minimum Gasteiger partial charge on any atom is -0.332 e. The van der Waals surface area contributed by atoms with Crippen LogP contribution in [0.5, 0.6) is 0 Å². The molecule has 0 unspecified atom stereocenters. The minimum atomic E-state index is -0.228. The summed E-state index contributed by atoms with van der Waals surface area (Å²) < 4.78 is 0. The molecular formula is C25H23N3O2S. The van der Waals surface area contributed by atoms with E-state index < -0.39 is 0 Å². The number of para-hydroxylation sites is 2. The third-order valence-corrected chi connectivity index (χ3v) is 6.01. The topological polar surface area (TPSA) is 62.3 Å². The molecule has 0 saturated heterocycles. The van der Waals surface area contributed by atoms with E-state index in [9.17, 15) is 9.59 Å². The number of nitrogens with zero attached hydrogens (tertiary/aromatic N) is 2. The number of hydrogen-bond acceptors (Lipinski definition) is 4. The normalized spacial score (nSPS) is 10.8. The molecule has 0 aliphatic carbocycles. The summed E-state index contributed by atoms with van der Waals surface area (Å²) in [5.74, 6) is -0.441. The number of thiophene rings is 1. The highest BCUT2D eigenvalue weighted by Crippen LogP contribution is 2.28. The molecule has 0 atom stereocenters. The van der Waals surface area contributed by atoms with E-state index in [1.54, 1.807) is 18.4 Å². The second kappa shape index (κ2) is 9.10. The molecule has 4 aromatic rings. The van der Waals surface area contributed by atoms with E-state index in [1.807, 2.05) is 79.0 Å². The number of likely N-dealkylation sites (N-methyl/N-ethyl adjacent to an activating group) is 1. The lowest BCUT2D eigenvalue weighted by Crippen LogP contribution is -2.35. The Bertz CT molecular complexity index is 1230. The summed E-state index contributed by atoms with van der Waals surface area (Å²) in [5.41, 5.74) is 3.90. The first kappa shape index (κ1) is 20.8. The van der Waals surface area contributed by atoms with Crippen molar-refractivity contribution in [1.29, 1.82) is 0 Å². The number of rotatable bonds is 6. The van der Waals surface area contributed by atoms with E-state index in [0.717, 1.165) is 39.1 Å². The fraction of sp³-hybridized carbons (Fsp3) is 0.160. The predicted octanol–water partition coefficient (Wildman–Crippen LogP) is 5.24. The Morgan fingerprint density at radius 3 is 2.58 bits per heavy atom. The molecule has 4 rings (SSSR count). The number of hydrogen-bond donors (Lipinski definition) is 1. The molecule has 31 heavy (non-hydrogen) atoms. The van der Waals surface area contributed by atoms with Crippen molar-refractivity contribution in [3.8, 4) is 10.6 Å². The van der Waals surface area contributed by atoms with E-state index in [2.05, 4.69) is 5.32 Å². The SMILES string of the molecule is CCc1ccccc1NC(=O)CN(C)C(=O)c1cc(-c2cccs2)nc2ccccc12. The summed E-state index contributed by atoms with van der Waals surface area (Å²) in [6.45, 7) is 2.00. The lowest BCUT2D eigenvalue weighted by Gasteiger charge is -2.19. The van der Waals surface area contributed by atoms with Crippen LogP contribution in [0, 0.1) is 0 Å². The summed E-state index contributed by atoms with van der Waals surface area (Å²) in [7, 11) is 1.65. The van der Waals surface area contributed by atoms with Crippen LogP contribution in [-0.4, -0.2) is 35.3 Å². The van der Waals surface area contributed by atoms with Crippen LogP contribution in [0.3, 0.4) is 0 Å². The smallest absolute Gasteiger partial charge is 0.254 e. The second-order valence-electron chi connectivity index (χ2n) is 7.27. The van der Waals surface area contributed by atoms with Gasteiger partial charge in [0.05, 0.1) is 28.2 Å². The molecule has 0 saturated carbocycles. The Morgan fingerprint density at radius 1 is 1.03 bits per heavy atom. The highest BCUT2D eigenvalue weighted by atomic mass is 32.1. The van der Waals surface area contributed by atoms with E-state index in [4.69, 9.17) is 4.98 Å². The zero-order valence-electron chi connectivity index (χ0n) is 17.5. The maximum absolute atomic E-state index is 13.3. The third kappa shape index (κ3) is 4.49. The van der Waals surface area contributed by atoms with E-state index >= 15 is 0 Å². The molecule has 2 aromatic carbocycles. The Labute approximate surface area is 185 Å². The number of anilines is 1. The quantitative estimate of drug-likeness (QED) is 0.456. The predicted molar refractivity (Wildman–Crippen MR) is 126 cm³/mol. The van der Waals surface area contributed by atoms with Gasteiger partial charge in [0.25, 0.3) is 5.91 Å². The van der Waals surface area contributed by atoms with Crippen molar-refractivity contribution >= 4 is 39.7 Å². The molecule has 2 heterocycles. The van der Waals surface area contributed by atoms with Gasteiger partial charge in [-0.1, -0.05) is 49.4 Å². The van der Waals surface area contributed by atoms with Gasteiger partial charge in [-0.05, 0) is 41.6 Å². The fourth-order valence-electron chi connectivity index (χ4n) is 3.54. The van der Waals surface area contributed by atoms with Crippen molar-refractivity contribution in [2.24, 2.45) is 0 Å².